The van der Waals surface area contributed by atoms with Crippen molar-refractivity contribution in [1.82, 2.24) is 0 Å². The first-order valence-corrected chi connectivity index (χ1v) is 10.6. The van der Waals surface area contributed by atoms with Crippen LogP contribution in [-0.4, -0.2) is 7.05 Å². The number of rotatable bonds is 1. The first-order valence-electron chi connectivity index (χ1n) is 10.6. The van der Waals surface area contributed by atoms with Crippen molar-refractivity contribution in [2.24, 2.45) is 0 Å². The van der Waals surface area contributed by atoms with Crippen LogP contribution < -0.4 is 9.80 Å². The fourth-order valence-corrected chi connectivity index (χ4v) is 5.06. The summed E-state index contributed by atoms with van der Waals surface area (Å²) < 4.78 is 0. The van der Waals surface area contributed by atoms with Crippen molar-refractivity contribution < 1.29 is 0 Å². The predicted octanol–water partition coefficient (Wildman–Crippen LogP) is 7.04. The van der Waals surface area contributed by atoms with Gasteiger partial charge in [-0.15, -0.1) is 0 Å². The Bertz CT molecular complexity index is 1270. The fraction of sp³-hybridized carbons (Fsp3) is 0.143. The summed E-state index contributed by atoms with van der Waals surface area (Å²) in [5.74, 6) is 0. The van der Waals surface area contributed by atoms with Crippen LogP contribution in [0, 0.1) is 6.92 Å². The van der Waals surface area contributed by atoms with Gasteiger partial charge in [0.2, 0.25) is 0 Å². The van der Waals surface area contributed by atoms with Gasteiger partial charge in [0.15, 0.2) is 0 Å². The molecule has 6 rings (SSSR count). The number of aryl methyl sites for hydroxylation is 1. The maximum atomic E-state index is 2.44. The SMILES string of the molecule is Cc1ccc(N2c3ccccc3Cc3c2ccc2c3Cc3ccccc3N2C)cc1. The molecule has 2 nitrogen and oxygen atoms in total. The van der Waals surface area contributed by atoms with Crippen LogP contribution in [-0.2, 0) is 12.8 Å². The molecule has 0 aromatic heterocycles. The summed E-state index contributed by atoms with van der Waals surface area (Å²) in [6.07, 6.45) is 1.97. The normalized spacial score (nSPS) is 13.9. The van der Waals surface area contributed by atoms with E-state index < -0.39 is 0 Å². The zero-order chi connectivity index (χ0) is 20.2. The molecular weight excluding hydrogens is 364 g/mol. The molecule has 2 aliphatic rings. The highest BCUT2D eigenvalue weighted by Gasteiger charge is 2.30. The molecular formula is C28H24N2. The summed E-state index contributed by atoms with van der Waals surface area (Å²) >= 11 is 0. The Balaban J connectivity index is 1.58. The lowest BCUT2D eigenvalue weighted by Gasteiger charge is -2.38. The number of nitrogens with zero attached hydrogens (tertiary/aromatic N) is 2. The van der Waals surface area contributed by atoms with Crippen LogP contribution in [0.25, 0.3) is 0 Å². The molecule has 0 atom stereocenters. The minimum atomic E-state index is 0.979. The Labute approximate surface area is 178 Å². The first kappa shape index (κ1) is 17.3. The molecule has 146 valence electrons. The lowest BCUT2D eigenvalue weighted by atomic mass is 9.85. The van der Waals surface area contributed by atoms with E-state index in [2.05, 4.69) is 109 Å². The van der Waals surface area contributed by atoms with Gasteiger partial charge in [0.05, 0.1) is 5.69 Å². The Hall–Kier alpha value is -3.52. The van der Waals surface area contributed by atoms with E-state index in [0.717, 1.165) is 12.8 Å². The van der Waals surface area contributed by atoms with E-state index in [1.165, 1.54) is 56.3 Å². The highest BCUT2D eigenvalue weighted by atomic mass is 15.2. The maximum Gasteiger partial charge on any atom is 0.0501 e. The van der Waals surface area contributed by atoms with Crippen LogP contribution in [0.4, 0.5) is 28.4 Å². The quantitative estimate of drug-likeness (QED) is 0.304. The third-order valence-corrected chi connectivity index (χ3v) is 6.60. The number of hydrogen-bond donors (Lipinski definition) is 0. The molecule has 4 aromatic rings. The molecule has 0 saturated heterocycles. The molecule has 0 unspecified atom stereocenters. The molecule has 0 bridgehead atoms. The monoisotopic (exact) mass is 388 g/mol. The molecule has 2 heterocycles. The summed E-state index contributed by atoms with van der Waals surface area (Å²) in [4.78, 5) is 4.79. The summed E-state index contributed by atoms with van der Waals surface area (Å²) in [5, 5.41) is 0. The first-order chi connectivity index (χ1) is 14.7. The van der Waals surface area contributed by atoms with Crippen LogP contribution >= 0.6 is 0 Å². The van der Waals surface area contributed by atoms with Crippen molar-refractivity contribution >= 4 is 28.4 Å². The number of para-hydroxylation sites is 2. The van der Waals surface area contributed by atoms with Crippen molar-refractivity contribution in [3.05, 3.63) is 113 Å². The third-order valence-electron chi connectivity index (χ3n) is 6.60. The summed E-state index contributed by atoms with van der Waals surface area (Å²) in [7, 11) is 2.19. The van der Waals surface area contributed by atoms with Gasteiger partial charge < -0.3 is 9.80 Å². The molecule has 4 aromatic carbocycles. The van der Waals surface area contributed by atoms with Crippen molar-refractivity contribution in [3.63, 3.8) is 0 Å². The average Bonchev–Trinajstić information content (AvgIpc) is 2.78. The van der Waals surface area contributed by atoms with Crippen LogP contribution in [0.15, 0.2) is 84.9 Å². The van der Waals surface area contributed by atoms with Gasteiger partial charge in [-0.2, -0.15) is 0 Å². The number of hydrogen-bond acceptors (Lipinski definition) is 2. The van der Waals surface area contributed by atoms with E-state index >= 15 is 0 Å². The van der Waals surface area contributed by atoms with Crippen LogP contribution in [0.5, 0.6) is 0 Å². The van der Waals surface area contributed by atoms with Gasteiger partial charge in [0, 0.05) is 42.6 Å². The second-order valence-corrected chi connectivity index (χ2v) is 8.40. The summed E-state index contributed by atoms with van der Waals surface area (Å²) in [5.41, 5.74) is 13.5. The van der Waals surface area contributed by atoms with Crippen molar-refractivity contribution in [2.75, 3.05) is 16.8 Å². The lowest BCUT2D eigenvalue weighted by molar-refractivity contribution is 0.992. The molecule has 0 radical (unpaired) electrons. The highest BCUT2D eigenvalue weighted by molar-refractivity contribution is 5.88. The minimum Gasteiger partial charge on any atom is -0.344 e. The van der Waals surface area contributed by atoms with Gasteiger partial charge in [-0.3, -0.25) is 0 Å². The highest BCUT2D eigenvalue weighted by Crippen LogP contribution is 2.49. The van der Waals surface area contributed by atoms with E-state index in [4.69, 9.17) is 0 Å². The third kappa shape index (κ3) is 2.50. The van der Waals surface area contributed by atoms with E-state index in [1.54, 1.807) is 0 Å². The topological polar surface area (TPSA) is 6.48 Å². The molecule has 0 N–H and O–H groups in total. The zero-order valence-corrected chi connectivity index (χ0v) is 17.4. The number of anilines is 5. The van der Waals surface area contributed by atoms with Gasteiger partial charge in [0.1, 0.15) is 0 Å². The van der Waals surface area contributed by atoms with Crippen LogP contribution in [0.1, 0.15) is 27.8 Å². The van der Waals surface area contributed by atoms with Crippen molar-refractivity contribution in [1.29, 1.82) is 0 Å². The minimum absolute atomic E-state index is 0.979. The van der Waals surface area contributed by atoms with Crippen molar-refractivity contribution in [2.45, 2.75) is 19.8 Å². The largest absolute Gasteiger partial charge is 0.344 e. The standard InChI is InChI=1S/C28H24N2/c1-19-11-13-22(14-12-19)30-26-10-6-4-8-21(26)18-24-23-17-20-7-3-5-9-25(20)29(2)27(23)15-16-28(24)30/h3-16H,17-18H2,1-2H3. The van der Waals surface area contributed by atoms with E-state index in [-0.39, 0.29) is 0 Å². The maximum absolute atomic E-state index is 2.44. The smallest absolute Gasteiger partial charge is 0.0501 e. The molecule has 0 aliphatic carbocycles. The number of benzene rings is 4. The fourth-order valence-electron chi connectivity index (χ4n) is 5.06. The van der Waals surface area contributed by atoms with Gasteiger partial charge in [-0.1, -0.05) is 54.1 Å². The zero-order valence-electron chi connectivity index (χ0n) is 17.4. The molecule has 0 spiro atoms. The Kier molecular flexibility index (Phi) is 3.76. The predicted molar refractivity (Wildman–Crippen MR) is 126 cm³/mol. The molecule has 30 heavy (non-hydrogen) atoms. The van der Waals surface area contributed by atoms with Crippen molar-refractivity contribution in [3.8, 4) is 0 Å². The average molecular weight is 389 g/mol. The Morgan fingerprint density at radius 1 is 0.567 bits per heavy atom. The van der Waals surface area contributed by atoms with E-state index in [9.17, 15) is 0 Å². The van der Waals surface area contributed by atoms with Crippen LogP contribution in [0.3, 0.4) is 0 Å². The van der Waals surface area contributed by atoms with Crippen LogP contribution in [0.2, 0.25) is 0 Å². The Morgan fingerprint density at radius 2 is 1.13 bits per heavy atom. The second kappa shape index (κ2) is 6.50. The Morgan fingerprint density at radius 3 is 1.87 bits per heavy atom. The second-order valence-electron chi connectivity index (χ2n) is 8.40. The van der Waals surface area contributed by atoms with Gasteiger partial charge in [-0.05, 0) is 65.6 Å². The molecule has 2 aliphatic heterocycles. The number of fused-ring (bicyclic) bond motifs is 5. The summed E-state index contributed by atoms with van der Waals surface area (Å²) in [6, 6.07) is 31.1. The van der Waals surface area contributed by atoms with Gasteiger partial charge >= 0.3 is 0 Å². The van der Waals surface area contributed by atoms with E-state index in [0.29, 0.717) is 0 Å². The molecule has 0 fully saturated rings. The van der Waals surface area contributed by atoms with Gasteiger partial charge in [0.25, 0.3) is 0 Å². The lowest BCUT2D eigenvalue weighted by Crippen LogP contribution is -2.24. The molecule has 0 saturated carbocycles. The van der Waals surface area contributed by atoms with Gasteiger partial charge in [-0.25, -0.2) is 0 Å². The van der Waals surface area contributed by atoms with E-state index in [1.807, 2.05) is 0 Å². The summed E-state index contributed by atoms with van der Waals surface area (Å²) in [6.45, 7) is 2.14. The molecule has 0 amide bonds. The molecule has 2 heteroatoms.